The third-order valence-corrected chi connectivity index (χ3v) is 13.1. The van der Waals surface area contributed by atoms with Crippen molar-refractivity contribution in [1.82, 2.24) is 0 Å². The summed E-state index contributed by atoms with van der Waals surface area (Å²) in [6.07, 6.45) is 57.5. The van der Waals surface area contributed by atoms with Crippen LogP contribution in [0.3, 0.4) is 0 Å². The van der Waals surface area contributed by atoms with E-state index in [-0.39, 0.29) is 32.0 Å². The van der Waals surface area contributed by atoms with Gasteiger partial charge in [-0.15, -0.1) is 0 Å². The molecule has 0 N–H and O–H groups in total. The summed E-state index contributed by atoms with van der Waals surface area (Å²) in [6.45, 7) is 4.23. The van der Waals surface area contributed by atoms with Gasteiger partial charge in [0.15, 0.2) is 6.10 Å². The molecule has 0 aromatic heterocycles. The van der Waals surface area contributed by atoms with E-state index in [1.165, 1.54) is 154 Å². The van der Waals surface area contributed by atoms with Gasteiger partial charge in [-0.2, -0.15) is 0 Å². The molecule has 0 heterocycles. The summed E-state index contributed by atoms with van der Waals surface area (Å²) in [4.78, 5) is 37.8. The van der Waals surface area contributed by atoms with Crippen molar-refractivity contribution in [2.75, 3.05) is 47.5 Å². The molecule has 0 bridgehead atoms. The molecule has 0 amide bonds. The largest absolute Gasteiger partial charge is 0.756 e. The Balaban J connectivity index is 4.18. The fraction of sp³-hybridized carbons (Fsp3) is 0.857. The number of esters is 2. The van der Waals surface area contributed by atoms with Gasteiger partial charge in [-0.3, -0.25) is 14.2 Å². The smallest absolute Gasteiger partial charge is 0.306 e. The SMILES string of the molecule is CCCCC/C=C\C/C=C\C/C=C\CCCCCCCCC(=O)OC(COC(=O)CCCCCCCCCCCCCCCCCCCCCCCCC)COP(=O)([O-])OCC[N+](C)(C)C. The maximum absolute atomic E-state index is 12.8. The van der Waals surface area contributed by atoms with Gasteiger partial charge >= 0.3 is 11.9 Å². The Morgan fingerprint density at radius 1 is 0.470 bits per heavy atom. The van der Waals surface area contributed by atoms with E-state index in [4.69, 9.17) is 18.5 Å². The van der Waals surface area contributed by atoms with Crippen LogP contribution in [-0.2, 0) is 32.7 Å². The predicted molar refractivity (Wildman–Crippen MR) is 277 cm³/mol. The van der Waals surface area contributed by atoms with Gasteiger partial charge in [-0.25, -0.2) is 0 Å². The van der Waals surface area contributed by atoms with Gasteiger partial charge in [0.2, 0.25) is 0 Å². The van der Waals surface area contributed by atoms with Crippen molar-refractivity contribution in [2.24, 2.45) is 0 Å². The second-order valence-electron chi connectivity index (χ2n) is 20.0. The lowest BCUT2D eigenvalue weighted by molar-refractivity contribution is -0.870. The molecule has 2 unspecified atom stereocenters. The number of phosphoric ester groups is 1. The number of hydrogen-bond acceptors (Lipinski definition) is 8. The average Bonchev–Trinajstić information content (AvgIpc) is 3.27. The molecule has 388 valence electrons. The quantitative estimate of drug-likeness (QED) is 0.0195. The Hall–Kier alpha value is -1.77. The molecule has 0 saturated carbocycles. The molecule has 66 heavy (non-hydrogen) atoms. The van der Waals surface area contributed by atoms with E-state index < -0.39 is 26.5 Å². The van der Waals surface area contributed by atoms with Gasteiger partial charge in [0.1, 0.15) is 19.8 Å². The summed E-state index contributed by atoms with van der Waals surface area (Å²) in [5.41, 5.74) is 0. The zero-order chi connectivity index (χ0) is 48.5. The van der Waals surface area contributed by atoms with Crippen molar-refractivity contribution < 1.29 is 42.1 Å². The number of allylic oxidation sites excluding steroid dienone is 6. The van der Waals surface area contributed by atoms with E-state index in [1.807, 2.05) is 21.1 Å². The zero-order valence-electron chi connectivity index (χ0n) is 43.9. The van der Waals surface area contributed by atoms with Crippen LogP contribution in [0, 0.1) is 0 Å². The lowest BCUT2D eigenvalue weighted by Crippen LogP contribution is -2.37. The zero-order valence-corrected chi connectivity index (χ0v) is 44.8. The Bertz CT molecular complexity index is 1210. The standard InChI is InChI=1S/C56H106NO8P/c1-6-8-10-12-14-16-18-20-22-24-26-27-28-29-31-32-34-36-38-40-42-44-46-48-55(58)62-52-54(53-64-66(60,61)63-51-50-57(3,4)5)65-56(59)49-47-45-43-41-39-37-35-33-30-25-23-21-19-17-15-13-11-9-7-2/h15,17,21,23,30,33,54H,6-14,16,18-20,22,24-29,31-32,34-53H2,1-5H3/b17-15-,23-21-,33-30-. The van der Waals surface area contributed by atoms with Gasteiger partial charge in [-0.05, 0) is 51.4 Å². The first kappa shape index (κ1) is 64.2. The van der Waals surface area contributed by atoms with Crippen LogP contribution < -0.4 is 4.89 Å². The summed E-state index contributed by atoms with van der Waals surface area (Å²) < 4.78 is 34.1. The van der Waals surface area contributed by atoms with Gasteiger partial charge in [-0.1, -0.05) is 230 Å². The summed E-state index contributed by atoms with van der Waals surface area (Å²) in [7, 11) is 1.16. The van der Waals surface area contributed by atoms with Crippen LogP contribution >= 0.6 is 7.82 Å². The first-order chi connectivity index (χ1) is 32.0. The number of carbonyl (C=O) groups is 2. The van der Waals surface area contributed by atoms with Crippen LogP contribution in [0.5, 0.6) is 0 Å². The van der Waals surface area contributed by atoms with Crippen LogP contribution in [-0.4, -0.2) is 70.0 Å². The second kappa shape index (κ2) is 48.3. The number of hydrogen-bond donors (Lipinski definition) is 0. The maximum atomic E-state index is 12.8. The molecule has 2 atom stereocenters. The number of quaternary nitrogens is 1. The number of ether oxygens (including phenoxy) is 2. The fourth-order valence-corrected chi connectivity index (χ4v) is 8.57. The van der Waals surface area contributed by atoms with Gasteiger partial charge in [0.25, 0.3) is 7.82 Å². The first-order valence-electron chi connectivity index (χ1n) is 27.7. The van der Waals surface area contributed by atoms with Crippen molar-refractivity contribution in [3.63, 3.8) is 0 Å². The second-order valence-corrected chi connectivity index (χ2v) is 21.4. The summed E-state index contributed by atoms with van der Waals surface area (Å²) in [5.74, 6) is -0.837. The minimum absolute atomic E-state index is 0.0326. The lowest BCUT2D eigenvalue weighted by Gasteiger charge is -2.28. The van der Waals surface area contributed by atoms with E-state index in [0.29, 0.717) is 17.4 Å². The number of carbonyl (C=O) groups excluding carboxylic acids is 2. The first-order valence-corrected chi connectivity index (χ1v) is 29.2. The van der Waals surface area contributed by atoms with Crippen molar-refractivity contribution in [3.05, 3.63) is 36.5 Å². The highest BCUT2D eigenvalue weighted by molar-refractivity contribution is 7.45. The Morgan fingerprint density at radius 2 is 0.818 bits per heavy atom. The fourth-order valence-electron chi connectivity index (χ4n) is 7.84. The maximum Gasteiger partial charge on any atom is 0.306 e. The highest BCUT2D eigenvalue weighted by Crippen LogP contribution is 2.38. The van der Waals surface area contributed by atoms with Crippen LogP contribution in [0.2, 0.25) is 0 Å². The van der Waals surface area contributed by atoms with E-state index in [2.05, 4.69) is 50.3 Å². The molecular weight excluding hydrogens is 846 g/mol. The predicted octanol–water partition coefficient (Wildman–Crippen LogP) is 16.2. The Kier molecular flexibility index (Phi) is 47.0. The molecule has 0 aromatic rings. The van der Waals surface area contributed by atoms with E-state index >= 15 is 0 Å². The molecule has 0 radical (unpaired) electrons. The van der Waals surface area contributed by atoms with Crippen molar-refractivity contribution >= 4 is 19.8 Å². The molecule has 0 spiro atoms. The Labute approximate surface area is 408 Å². The Morgan fingerprint density at radius 3 is 1.24 bits per heavy atom. The molecule has 0 aliphatic heterocycles. The van der Waals surface area contributed by atoms with Crippen molar-refractivity contribution in [3.8, 4) is 0 Å². The highest BCUT2D eigenvalue weighted by Gasteiger charge is 2.21. The van der Waals surface area contributed by atoms with E-state index in [1.54, 1.807) is 0 Å². The minimum atomic E-state index is -4.63. The molecule has 0 saturated heterocycles. The normalized spacial score (nSPS) is 13.6. The third-order valence-electron chi connectivity index (χ3n) is 12.2. The molecule has 0 fully saturated rings. The van der Waals surface area contributed by atoms with Crippen LogP contribution in [0.25, 0.3) is 0 Å². The van der Waals surface area contributed by atoms with Crippen molar-refractivity contribution in [1.29, 1.82) is 0 Å². The minimum Gasteiger partial charge on any atom is -0.756 e. The van der Waals surface area contributed by atoms with Crippen LogP contribution in [0.15, 0.2) is 36.5 Å². The topological polar surface area (TPSA) is 111 Å². The summed E-state index contributed by atoms with van der Waals surface area (Å²) in [5, 5.41) is 0. The van der Waals surface area contributed by atoms with Gasteiger partial charge in [0, 0.05) is 12.8 Å². The number of unbranched alkanes of at least 4 members (excludes halogenated alkanes) is 31. The monoisotopic (exact) mass is 952 g/mol. The number of likely N-dealkylation sites (N-methyl/N-ethyl adjacent to an activating group) is 1. The van der Waals surface area contributed by atoms with Gasteiger partial charge < -0.3 is 27.9 Å². The molecule has 0 aliphatic carbocycles. The molecule has 0 aliphatic rings. The van der Waals surface area contributed by atoms with Crippen LogP contribution in [0.1, 0.15) is 258 Å². The lowest BCUT2D eigenvalue weighted by atomic mass is 10.0. The average molecular weight is 952 g/mol. The molecule has 9 nitrogen and oxygen atoms in total. The number of phosphoric acid groups is 1. The highest BCUT2D eigenvalue weighted by atomic mass is 31.2. The number of rotatable bonds is 51. The van der Waals surface area contributed by atoms with Crippen molar-refractivity contribution in [2.45, 2.75) is 264 Å². The molecule has 0 rings (SSSR count). The summed E-state index contributed by atoms with van der Waals surface area (Å²) >= 11 is 0. The van der Waals surface area contributed by atoms with Crippen LogP contribution in [0.4, 0.5) is 0 Å². The van der Waals surface area contributed by atoms with E-state index in [0.717, 1.165) is 70.6 Å². The molecule has 10 heteroatoms. The van der Waals surface area contributed by atoms with E-state index in [9.17, 15) is 19.0 Å². The number of nitrogens with zero attached hydrogens (tertiary/aromatic N) is 1. The molecule has 0 aromatic carbocycles. The molecular formula is C56H106NO8P. The summed E-state index contributed by atoms with van der Waals surface area (Å²) in [6, 6.07) is 0. The van der Waals surface area contributed by atoms with Gasteiger partial charge in [0.05, 0.1) is 27.7 Å². The third kappa shape index (κ3) is 51.6.